The second-order valence-electron chi connectivity index (χ2n) is 8.28. The van der Waals surface area contributed by atoms with Gasteiger partial charge in [0, 0.05) is 33.1 Å². The highest BCUT2D eigenvalue weighted by atomic mass is 16.2. The van der Waals surface area contributed by atoms with Crippen LogP contribution in [0.15, 0.2) is 4.99 Å². The summed E-state index contributed by atoms with van der Waals surface area (Å²) in [5.41, 5.74) is 15.8. The van der Waals surface area contributed by atoms with Crippen molar-refractivity contribution < 1.29 is 24.0 Å². The summed E-state index contributed by atoms with van der Waals surface area (Å²) in [4.78, 5) is 66.8. The van der Waals surface area contributed by atoms with E-state index in [2.05, 4.69) is 26.3 Å². The molecule has 1 saturated heterocycles. The summed E-state index contributed by atoms with van der Waals surface area (Å²) in [7, 11) is 0. The number of nitrogens with two attached hydrogens (primary N) is 3. The standard InChI is InChI=1S/C21H39N9O5/c1-3-25-18(33)16-9-6-12-30(16)19(34)15(8-5-10-26-20(22)23)29-17(32)14(28-13(2)31)7-4-11-27-21(24)35/h14-16H,3-12H2,1-2H3,(H,25,33)(H,28,31)(H,29,32)(H4,22,23,26)(H3,24,27,35)/t14-,15+,16+/m1/s1. The highest BCUT2D eigenvalue weighted by molar-refractivity contribution is 5.94. The lowest BCUT2D eigenvalue weighted by molar-refractivity contribution is -0.142. The molecule has 0 aliphatic carbocycles. The smallest absolute Gasteiger partial charge is 0.312 e. The number of hydrogen-bond acceptors (Lipinski definition) is 6. The fourth-order valence-corrected chi connectivity index (χ4v) is 3.86. The van der Waals surface area contributed by atoms with Crippen molar-refractivity contribution in [3.63, 3.8) is 0 Å². The first-order valence-corrected chi connectivity index (χ1v) is 11.8. The van der Waals surface area contributed by atoms with Crippen LogP contribution in [0, 0.1) is 0 Å². The van der Waals surface area contributed by atoms with Crippen LogP contribution < -0.4 is 38.5 Å². The number of guanidine groups is 1. The molecule has 0 aromatic rings. The van der Waals surface area contributed by atoms with Gasteiger partial charge in [-0.15, -0.1) is 0 Å². The van der Waals surface area contributed by atoms with E-state index in [0.717, 1.165) is 0 Å². The molecule has 3 atom stereocenters. The molecule has 1 aliphatic rings. The average molecular weight is 498 g/mol. The van der Waals surface area contributed by atoms with Gasteiger partial charge in [-0.1, -0.05) is 0 Å². The zero-order valence-electron chi connectivity index (χ0n) is 20.5. The predicted octanol–water partition coefficient (Wildman–Crippen LogP) is -2.39. The fraction of sp³-hybridized carbons (Fsp3) is 0.714. The van der Waals surface area contributed by atoms with Gasteiger partial charge in [-0.25, -0.2) is 4.79 Å². The molecule has 0 aromatic heterocycles. The Hall–Kier alpha value is -3.58. The monoisotopic (exact) mass is 497 g/mol. The number of carbonyl (C=O) groups excluding carboxylic acids is 5. The van der Waals surface area contributed by atoms with Gasteiger partial charge in [0.2, 0.25) is 23.6 Å². The Morgan fingerprint density at radius 2 is 1.69 bits per heavy atom. The topological polar surface area (TPSA) is 227 Å². The molecule has 35 heavy (non-hydrogen) atoms. The summed E-state index contributed by atoms with van der Waals surface area (Å²) in [5, 5.41) is 10.5. The van der Waals surface area contributed by atoms with Crippen LogP contribution in [-0.2, 0) is 19.2 Å². The molecule has 0 unspecified atom stereocenters. The number of primary amides is 1. The van der Waals surface area contributed by atoms with Gasteiger partial charge in [-0.2, -0.15) is 0 Å². The molecule has 198 valence electrons. The van der Waals surface area contributed by atoms with Gasteiger partial charge < -0.3 is 43.4 Å². The Kier molecular flexibility index (Phi) is 12.9. The Labute approximate surface area is 205 Å². The molecule has 0 saturated carbocycles. The van der Waals surface area contributed by atoms with Gasteiger partial charge >= 0.3 is 6.03 Å². The number of likely N-dealkylation sites (N-methyl/N-ethyl adjacent to an activating group) is 1. The second kappa shape index (κ2) is 15.3. The van der Waals surface area contributed by atoms with Crippen LogP contribution >= 0.6 is 0 Å². The molecular formula is C21H39N9O5. The lowest BCUT2D eigenvalue weighted by Crippen LogP contribution is -2.56. The number of nitrogens with one attached hydrogen (secondary N) is 4. The van der Waals surface area contributed by atoms with Crippen LogP contribution in [0.2, 0.25) is 0 Å². The van der Waals surface area contributed by atoms with Crippen LogP contribution in [0.4, 0.5) is 4.79 Å². The number of aliphatic imine (C=N–C) groups is 1. The molecule has 10 N–H and O–H groups in total. The van der Waals surface area contributed by atoms with Crippen molar-refractivity contribution in [1.82, 2.24) is 26.2 Å². The maximum atomic E-state index is 13.4. The van der Waals surface area contributed by atoms with Gasteiger partial charge in [-0.3, -0.25) is 24.2 Å². The maximum Gasteiger partial charge on any atom is 0.312 e. The van der Waals surface area contributed by atoms with E-state index in [1.54, 1.807) is 6.92 Å². The van der Waals surface area contributed by atoms with Crippen molar-refractivity contribution in [2.45, 2.75) is 70.5 Å². The van der Waals surface area contributed by atoms with Crippen LogP contribution in [0.3, 0.4) is 0 Å². The molecule has 0 spiro atoms. The Morgan fingerprint density at radius 1 is 1.00 bits per heavy atom. The quantitative estimate of drug-likeness (QED) is 0.0781. The minimum atomic E-state index is -0.938. The number of rotatable bonds is 14. The molecule has 14 nitrogen and oxygen atoms in total. The zero-order valence-corrected chi connectivity index (χ0v) is 20.5. The minimum Gasteiger partial charge on any atom is -0.370 e. The summed E-state index contributed by atoms with van der Waals surface area (Å²) in [6, 6.07) is -3.16. The minimum absolute atomic E-state index is 0.0805. The number of hydrogen-bond donors (Lipinski definition) is 7. The molecule has 6 amide bonds. The normalized spacial score (nSPS) is 16.5. The molecular weight excluding hydrogens is 458 g/mol. The van der Waals surface area contributed by atoms with Crippen molar-refractivity contribution in [3.8, 4) is 0 Å². The zero-order chi connectivity index (χ0) is 26.4. The first kappa shape index (κ1) is 29.5. The number of carbonyl (C=O) groups is 5. The third-order valence-corrected chi connectivity index (χ3v) is 5.41. The van der Waals surface area contributed by atoms with E-state index in [0.29, 0.717) is 38.8 Å². The number of amides is 6. The van der Waals surface area contributed by atoms with Gasteiger partial charge in [-0.05, 0) is 45.4 Å². The molecule has 1 heterocycles. The van der Waals surface area contributed by atoms with E-state index >= 15 is 0 Å². The Morgan fingerprint density at radius 3 is 2.29 bits per heavy atom. The molecule has 1 aliphatic heterocycles. The first-order valence-electron chi connectivity index (χ1n) is 11.8. The highest BCUT2D eigenvalue weighted by Crippen LogP contribution is 2.20. The summed E-state index contributed by atoms with van der Waals surface area (Å²) in [6.07, 6.45) is 2.43. The number of nitrogens with zero attached hydrogens (tertiary/aromatic N) is 2. The molecule has 14 heteroatoms. The van der Waals surface area contributed by atoms with Crippen LogP contribution in [-0.4, -0.2) is 84.8 Å². The molecule has 1 rings (SSSR count). The van der Waals surface area contributed by atoms with Crippen molar-refractivity contribution in [1.29, 1.82) is 0 Å². The van der Waals surface area contributed by atoms with Crippen molar-refractivity contribution >= 4 is 35.6 Å². The van der Waals surface area contributed by atoms with Crippen LogP contribution in [0.1, 0.15) is 52.4 Å². The van der Waals surface area contributed by atoms with E-state index in [-0.39, 0.29) is 43.7 Å². The van der Waals surface area contributed by atoms with Crippen molar-refractivity contribution in [2.24, 2.45) is 22.2 Å². The molecule has 0 radical (unpaired) electrons. The van der Waals surface area contributed by atoms with Crippen molar-refractivity contribution in [3.05, 3.63) is 0 Å². The van der Waals surface area contributed by atoms with Crippen molar-refractivity contribution in [2.75, 3.05) is 26.2 Å². The van der Waals surface area contributed by atoms with E-state index in [4.69, 9.17) is 17.2 Å². The first-order chi connectivity index (χ1) is 16.6. The molecule has 0 aromatic carbocycles. The van der Waals surface area contributed by atoms with Gasteiger partial charge in [0.1, 0.15) is 18.1 Å². The highest BCUT2D eigenvalue weighted by Gasteiger charge is 2.37. The van der Waals surface area contributed by atoms with Gasteiger partial charge in [0.15, 0.2) is 5.96 Å². The Balaban J connectivity index is 2.97. The molecule has 1 fully saturated rings. The van der Waals surface area contributed by atoms with E-state index < -0.39 is 36.0 Å². The maximum absolute atomic E-state index is 13.4. The third-order valence-electron chi connectivity index (χ3n) is 5.41. The van der Waals surface area contributed by atoms with Gasteiger partial charge in [0.05, 0.1) is 0 Å². The number of urea groups is 1. The van der Waals surface area contributed by atoms with Gasteiger partial charge in [0.25, 0.3) is 0 Å². The number of likely N-dealkylation sites (tertiary alicyclic amines) is 1. The largest absolute Gasteiger partial charge is 0.370 e. The average Bonchev–Trinajstić information content (AvgIpc) is 3.27. The Bertz CT molecular complexity index is 785. The van der Waals surface area contributed by atoms with Crippen LogP contribution in [0.25, 0.3) is 0 Å². The second-order valence-corrected chi connectivity index (χ2v) is 8.28. The summed E-state index contributed by atoms with van der Waals surface area (Å²) in [6.45, 7) is 4.40. The summed E-state index contributed by atoms with van der Waals surface area (Å²) < 4.78 is 0. The SMILES string of the molecule is CCNC(=O)[C@@H]1CCCN1C(=O)[C@H](CCCN=C(N)N)NC(=O)[C@@H](CCCNC(N)=O)NC(C)=O. The lowest BCUT2D eigenvalue weighted by Gasteiger charge is -2.29. The summed E-state index contributed by atoms with van der Waals surface area (Å²) >= 11 is 0. The fourth-order valence-electron chi connectivity index (χ4n) is 3.86. The van der Waals surface area contributed by atoms with E-state index in [1.165, 1.54) is 11.8 Å². The lowest BCUT2D eigenvalue weighted by atomic mass is 10.1. The predicted molar refractivity (Wildman–Crippen MR) is 130 cm³/mol. The van der Waals surface area contributed by atoms with E-state index in [1.807, 2.05) is 0 Å². The van der Waals surface area contributed by atoms with Crippen LogP contribution in [0.5, 0.6) is 0 Å². The van der Waals surface area contributed by atoms with E-state index in [9.17, 15) is 24.0 Å². The molecule has 0 bridgehead atoms. The summed E-state index contributed by atoms with van der Waals surface area (Å²) in [5.74, 6) is -1.66. The third kappa shape index (κ3) is 10.9.